The number of hydrogen-bond acceptors (Lipinski definition) is 7. The monoisotopic (exact) mass is 485 g/mol. The number of β-amino-alcohol motifs (C(OH)–C–C–N with tert-alkyl or cyclic N) is 1. The average molecular weight is 486 g/mol. The summed E-state index contributed by atoms with van der Waals surface area (Å²) in [6.07, 6.45) is 5.94. The number of benzene rings is 1. The van der Waals surface area contributed by atoms with E-state index in [0.717, 1.165) is 19.3 Å². The van der Waals surface area contributed by atoms with Crippen LogP contribution in [0.25, 0.3) is 11.5 Å². The molecule has 7 rings (SSSR count). The number of halogens is 1. The molecule has 1 aromatic carbocycles. The topological polar surface area (TPSA) is 106 Å². The molecule has 5 fully saturated rings. The summed E-state index contributed by atoms with van der Waals surface area (Å²) in [5.74, 6) is 1.84. The Hall–Kier alpha value is -2.45. The van der Waals surface area contributed by atoms with Crippen LogP contribution in [0.5, 0.6) is 0 Å². The lowest BCUT2D eigenvalue weighted by molar-refractivity contribution is -0.166. The lowest BCUT2D eigenvalue weighted by Gasteiger charge is -2.56. The van der Waals surface area contributed by atoms with Gasteiger partial charge in [0.15, 0.2) is 6.61 Å². The Morgan fingerprint density at radius 3 is 2.35 bits per heavy atom. The smallest absolute Gasteiger partial charge is 0.329 e. The molecule has 2 aromatic rings. The fraction of sp³-hybridized carbons (Fsp3) is 0.600. The average Bonchev–Trinajstić information content (AvgIpc) is 3.43. The molecule has 1 N–H and O–H groups in total. The minimum Gasteiger partial charge on any atom is -0.454 e. The van der Waals surface area contributed by atoms with Gasteiger partial charge in [0.1, 0.15) is 6.04 Å². The molecule has 2 heterocycles. The molecule has 1 amide bonds. The zero-order chi connectivity index (χ0) is 23.4. The van der Waals surface area contributed by atoms with Crippen LogP contribution < -0.4 is 0 Å². The van der Waals surface area contributed by atoms with E-state index in [4.69, 9.17) is 20.8 Å². The molecular weight excluding hydrogens is 458 g/mol. The number of hydrogen-bond donors (Lipinski definition) is 1. The third kappa shape index (κ3) is 3.90. The van der Waals surface area contributed by atoms with Crippen molar-refractivity contribution in [1.82, 2.24) is 15.1 Å². The number of rotatable bonds is 5. The maximum absolute atomic E-state index is 13.8. The lowest BCUT2D eigenvalue weighted by atomic mass is 9.49. The van der Waals surface area contributed by atoms with Crippen molar-refractivity contribution in [2.24, 2.45) is 23.2 Å². The minimum absolute atomic E-state index is 0.0351. The SMILES string of the molecule is O=C(OCc1nnc(-c2ccc(Cl)cc2)o1)[C@@H]1CC(O)CN1C(=O)C12CC3CC(CC(C3)C1)C2. The summed E-state index contributed by atoms with van der Waals surface area (Å²) in [4.78, 5) is 28.4. The normalized spacial score (nSPS) is 33.9. The number of carbonyl (C=O) groups is 2. The molecule has 0 spiro atoms. The van der Waals surface area contributed by atoms with E-state index in [-0.39, 0.29) is 36.8 Å². The molecule has 4 saturated carbocycles. The van der Waals surface area contributed by atoms with Gasteiger partial charge in [-0.15, -0.1) is 10.2 Å². The predicted molar refractivity (Wildman–Crippen MR) is 121 cm³/mol. The van der Waals surface area contributed by atoms with Crippen molar-refractivity contribution >= 4 is 23.5 Å². The van der Waals surface area contributed by atoms with Crippen molar-refractivity contribution in [3.05, 3.63) is 35.2 Å². The van der Waals surface area contributed by atoms with Crippen molar-refractivity contribution in [2.45, 2.75) is 63.7 Å². The number of carbonyl (C=O) groups excluding carboxylic acids is 2. The molecule has 34 heavy (non-hydrogen) atoms. The molecule has 1 aliphatic heterocycles. The number of aliphatic hydroxyl groups excluding tert-OH is 1. The predicted octanol–water partition coefficient (Wildman–Crippen LogP) is 3.61. The second kappa shape index (κ2) is 8.34. The van der Waals surface area contributed by atoms with Crippen molar-refractivity contribution in [2.75, 3.05) is 6.54 Å². The first-order valence-electron chi connectivity index (χ1n) is 12.1. The largest absolute Gasteiger partial charge is 0.454 e. The fourth-order valence-electron chi connectivity index (χ4n) is 7.19. The van der Waals surface area contributed by atoms with Gasteiger partial charge in [-0.2, -0.15) is 0 Å². The van der Waals surface area contributed by atoms with Crippen LogP contribution in [-0.4, -0.2) is 50.8 Å². The molecular formula is C25H28ClN3O5. The van der Waals surface area contributed by atoms with Gasteiger partial charge >= 0.3 is 5.97 Å². The van der Waals surface area contributed by atoms with E-state index in [0.29, 0.717) is 34.2 Å². The van der Waals surface area contributed by atoms with E-state index < -0.39 is 18.1 Å². The molecule has 8 nitrogen and oxygen atoms in total. The molecule has 180 valence electrons. The maximum atomic E-state index is 13.8. The number of esters is 1. The quantitative estimate of drug-likeness (QED) is 0.645. The molecule has 4 bridgehead atoms. The molecule has 9 heteroatoms. The van der Waals surface area contributed by atoms with Crippen molar-refractivity contribution in [3.63, 3.8) is 0 Å². The number of amides is 1. The zero-order valence-electron chi connectivity index (χ0n) is 18.9. The highest BCUT2D eigenvalue weighted by molar-refractivity contribution is 6.30. The zero-order valence-corrected chi connectivity index (χ0v) is 19.6. The van der Waals surface area contributed by atoms with Crippen LogP contribution >= 0.6 is 11.6 Å². The van der Waals surface area contributed by atoms with Gasteiger partial charge in [-0.05, 0) is 80.5 Å². The third-order valence-corrected chi connectivity index (χ3v) is 8.45. The molecule has 5 aliphatic rings. The first-order valence-corrected chi connectivity index (χ1v) is 12.5. The summed E-state index contributed by atoms with van der Waals surface area (Å²) >= 11 is 5.91. The second-order valence-electron chi connectivity index (χ2n) is 10.7. The first kappa shape index (κ1) is 22.0. The first-order chi connectivity index (χ1) is 16.4. The van der Waals surface area contributed by atoms with Gasteiger partial charge in [-0.1, -0.05) is 11.6 Å². The summed E-state index contributed by atoms with van der Waals surface area (Å²) in [6, 6.07) is 6.19. The highest BCUT2D eigenvalue weighted by Gasteiger charge is 2.57. The van der Waals surface area contributed by atoms with E-state index in [1.807, 2.05) is 0 Å². The van der Waals surface area contributed by atoms with Crippen LogP contribution in [-0.2, 0) is 20.9 Å². The number of nitrogens with zero attached hydrogens (tertiary/aromatic N) is 3. The number of likely N-dealkylation sites (tertiary alicyclic amines) is 1. The second-order valence-corrected chi connectivity index (χ2v) is 11.1. The van der Waals surface area contributed by atoms with Crippen LogP contribution in [0.15, 0.2) is 28.7 Å². The van der Waals surface area contributed by atoms with E-state index in [1.165, 1.54) is 19.3 Å². The Morgan fingerprint density at radius 2 is 1.71 bits per heavy atom. The molecule has 1 unspecified atom stereocenters. The van der Waals surface area contributed by atoms with Crippen molar-refractivity contribution in [3.8, 4) is 11.5 Å². The Balaban J connectivity index is 1.13. The summed E-state index contributed by atoms with van der Waals surface area (Å²) < 4.78 is 11.1. The summed E-state index contributed by atoms with van der Waals surface area (Å²) in [7, 11) is 0. The van der Waals surface area contributed by atoms with Crippen LogP contribution in [0.3, 0.4) is 0 Å². The van der Waals surface area contributed by atoms with E-state index in [2.05, 4.69) is 10.2 Å². The van der Waals surface area contributed by atoms with Crippen molar-refractivity contribution in [1.29, 1.82) is 0 Å². The van der Waals surface area contributed by atoms with Gasteiger partial charge in [-0.25, -0.2) is 4.79 Å². The minimum atomic E-state index is -0.783. The van der Waals surface area contributed by atoms with Crippen LogP contribution in [0.1, 0.15) is 50.8 Å². The Labute approximate surface area is 202 Å². The van der Waals surface area contributed by atoms with Crippen LogP contribution in [0.2, 0.25) is 5.02 Å². The summed E-state index contributed by atoms with van der Waals surface area (Å²) in [5, 5.41) is 18.9. The standard InChI is InChI=1S/C25H28ClN3O5/c26-18-3-1-17(2-4-18)22-28-27-21(34-22)13-33-23(31)20-8-19(30)12-29(20)24(32)25-9-14-5-15(10-25)7-16(6-14)11-25/h1-4,14-16,19-20,30H,5-13H2/t14?,15?,16?,19?,20-,25?/m0/s1. The van der Waals surface area contributed by atoms with E-state index in [1.54, 1.807) is 29.2 Å². The highest BCUT2D eigenvalue weighted by atomic mass is 35.5. The van der Waals surface area contributed by atoms with Crippen LogP contribution in [0.4, 0.5) is 0 Å². The third-order valence-electron chi connectivity index (χ3n) is 8.20. The van der Waals surface area contributed by atoms with Gasteiger partial charge in [-0.3, -0.25) is 4.79 Å². The molecule has 4 aliphatic carbocycles. The van der Waals surface area contributed by atoms with Crippen molar-refractivity contribution < 1.29 is 23.8 Å². The Kier molecular flexibility index (Phi) is 5.41. The fourth-order valence-corrected chi connectivity index (χ4v) is 7.32. The molecule has 0 radical (unpaired) electrons. The molecule has 1 saturated heterocycles. The summed E-state index contributed by atoms with van der Waals surface area (Å²) in [5.41, 5.74) is 0.345. The lowest BCUT2D eigenvalue weighted by Crippen LogP contribution is -2.56. The van der Waals surface area contributed by atoms with Gasteiger partial charge in [0.05, 0.1) is 11.5 Å². The van der Waals surface area contributed by atoms with E-state index >= 15 is 0 Å². The molecule has 2 atom stereocenters. The number of ether oxygens (including phenoxy) is 1. The summed E-state index contributed by atoms with van der Waals surface area (Å²) in [6.45, 7) is -0.00691. The number of aromatic nitrogens is 2. The molecule has 1 aromatic heterocycles. The maximum Gasteiger partial charge on any atom is 0.329 e. The Bertz CT molecular complexity index is 1060. The van der Waals surface area contributed by atoms with Gasteiger partial charge in [0, 0.05) is 23.6 Å². The van der Waals surface area contributed by atoms with Crippen LogP contribution in [0, 0.1) is 23.2 Å². The van der Waals surface area contributed by atoms with E-state index in [9.17, 15) is 14.7 Å². The highest BCUT2D eigenvalue weighted by Crippen LogP contribution is 2.60. The Morgan fingerprint density at radius 1 is 1.06 bits per heavy atom. The van der Waals surface area contributed by atoms with Gasteiger partial charge < -0.3 is 19.2 Å². The van der Waals surface area contributed by atoms with Gasteiger partial charge in [0.2, 0.25) is 11.8 Å². The van der Waals surface area contributed by atoms with Gasteiger partial charge in [0.25, 0.3) is 5.89 Å². The number of aliphatic hydroxyl groups is 1.